The van der Waals surface area contributed by atoms with Crippen molar-refractivity contribution in [1.82, 2.24) is 9.55 Å². The van der Waals surface area contributed by atoms with Crippen LogP contribution in [0.2, 0.25) is 25.7 Å². The van der Waals surface area contributed by atoms with Gasteiger partial charge in [-0.3, -0.25) is 4.57 Å². The second kappa shape index (κ2) is 14.5. The zero-order valence-electron chi connectivity index (χ0n) is 25.9. The number of benzene rings is 2. The molecule has 0 saturated carbocycles. The average Bonchev–Trinajstić information content (AvgIpc) is 3.18. The number of halogens is 2. The molecule has 0 fully saturated rings. The van der Waals surface area contributed by atoms with E-state index in [1.807, 2.05) is 0 Å². The molecular weight excluding hydrogens is 630 g/mol. The van der Waals surface area contributed by atoms with Crippen molar-refractivity contribution in [2.24, 2.45) is 0 Å². The van der Waals surface area contributed by atoms with E-state index in [1.165, 1.54) is 28.8 Å². The highest BCUT2D eigenvalue weighted by Crippen LogP contribution is 2.39. The van der Waals surface area contributed by atoms with Crippen molar-refractivity contribution in [3.05, 3.63) is 68.4 Å². The Labute approximate surface area is 256 Å². The van der Waals surface area contributed by atoms with E-state index in [2.05, 4.69) is 100 Å². The summed E-state index contributed by atoms with van der Waals surface area (Å²) < 4.78 is 29.3. The van der Waals surface area contributed by atoms with Crippen LogP contribution in [0.4, 0.5) is 4.39 Å². The predicted molar refractivity (Wildman–Crippen MR) is 177 cm³/mol. The molecule has 1 aromatic heterocycles. The van der Waals surface area contributed by atoms with Crippen LogP contribution >= 0.6 is 22.6 Å². The lowest BCUT2D eigenvalue weighted by Gasteiger charge is -2.25. The summed E-state index contributed by atoms with van der Waals surface area (Å²) in [4.78, 5) is 5.00. The summed E-state index contributed by atoms with van der Waals surface area (Å²) in [6.45, 7) is 22.5. The number of aryl methyl sites for hydroxylation is 1. The zero-order valence-corrected chi connectivity index (χ0v) is 29.1. The molecule has 0 amide bonds. The predicted octanol–water partition coefficient (Wildman–Crippen LogP) is 9.99. The normalized spacial score (nSPS) is 12.2. The molecule has 220 valence electrons. The molecule has 0 atom stereocenters. The summed E-state index contributed by atoms with van der Waals surface area (Å²) in [6, 6.07) is 12.1. The van der Waals surface area contributed by atoms with Gasteiger partial charge >= 0.3 is 0 Å². The van der Waals surface area contributed by atoms with Crippen LogP contribution in [0, 0.1) is 9.52 Å². The van der Waals surface area contributed by atoms with E-state index in [4.69, 9.17) is 14.5 Å². The number of imidazole rings is 1. The van der Waals surface area contributed by atoms with E-state index in [1.54, 1.807) is 12.1 Å². The first kappa shape index (κ1) is 32.8. The van der Waals surface area contributed by atoms with Gasteiger partial charge in [0.1, 0.15) is 33.5 Å². The Kier molecular flexibility index (Phi) is 11.8. The van der Waals surface area contributed by atoms with E-state index in [0.717, 1.165) is 52.0 Å². The maximum atomic E-state index is 13.6. The molecule has 0 bridgehead atoms. The molecule has 40 heavy (non-hydrogen) atoms. The Bertz CT molecular complexity index is 1250. The Balaban J connectivity index is 1.78. The average molecular weight is 679 g/mol. The van der Waals surface area contributed by atoms with Gasteiger partial charge in [0.05, 0.1) is 6.61 Å². The van der Waals surface area contributed by atoms with E-state index >= 15 is 0 Å². The van der Waals surface area contributed by atoms with Crippen LogP contribution in [-0.4, -0.2) is 30.8 Å². The Morgan fingerprint density at radius 2 is 1.52 bits per heavy atom. The Morgan fingerprint density at radius 3 is 2.10 bits per heavy atom. The Hall–Kier alpha value is -1.71. The largest absolute Gasteiger partial charge is 0.493 e. The molecule has 7 heteroatoms. The second-order valence-corrected chi connectivity index (χ2v) is 19.5. The Morgan fingerprint density at radius 1 is 0.875 bits per heavy atom. The summed E-state index contributed by atoms with van der Waals surface area (Å²) in [6.07, 6.45) is 1.61. The lowest BCUT2D eigenvalue weighted by atomic mass is 9.83. The summed E-state index contributed by atoms with van der Waals surface area (Å²) in [5, 5.41) is 0. The van der Waals surface area contributed by atoms with Gasteiger partial charge in [0.15, 0.2) is 0 Å². The minimum absolute atomic E-state index is 0.243. The molecule has 0 spiro atoms. The third kappa shape index (κ3) is 8.65. The van der Waals surface area contributed by atoms with E-state index in [0.29, 0.717) is 31.1 Å². The SMILES string of the molecule is CC(C)c1ccc(OCCCc2nc(-c3ccc(F)cc3)c(I)n2COCC[Si](C)(C)C)c(C(C)C)c1C(C)C. The van der Waals surface area contributed by atoms with Crippen LogP contribution < -0.4 is 4.74 Å². The number of ether oxygens (including phenoxy) is 2. The van der Waals surface area contributed by atoms with Crippen molar-refractivity contribution in [3.63, 3.8) is 0 Å². The number of hydrogen-bond acceptors (Lipinski definition) is 3. The van der Waals surface area contributed by atoms with E-state index in [-0.39, 0.29) is 5.82 Å². The summed E-state index contributed by atoms with van der Waals surface area (Å²) in [5.74, 6) is 3.05. The number of hydrogen-bond donors (Lipinski definition) is 0. The van der Waals surface area contributed by atoms with Crippen molar-refractivity contribution in [2.75, 3.05) is 13.2 Å². The maximum Gasteiger partial charge on any atom is 0.125 e. The lowest BCUT2D eigenvalue weighted by molar-refractivity contribution is 0.0833. The fourth-order valence-electron chi connectivity index (χ4n) is 5.04. The standard InChI is InChI=1S/C33H48FIN2O2Si/c1-22(2)27-16-17-28(31(24(5)6)30(27)23(3)4)39-18-10-11-29-36-32(25-12-14-26(34)15-13-25)33(35)37(29)21-38-19-20-40(7,8)9/h12-17,22-24H,10-11,18-21H2,1-9H3. The third-order valence-corrected chi connectivity index (χ3v) is 9.98. The highest BCUT2D eigenvalue weighted by Gasteiger charge is 2.22. The summed E-state index contributed by atoms with van der Waals surface area (Å²) in [5.41, 5.74) is 5.99. The highest BCUT2D eigenvalue weighted by molar-refractivity contribution is 14.1. The minimum Gasteiger partial charge on any atom is -0.493 e. The number of nitrogens with zero attached hydrogens (tertiary/aromatic N) is 2. The van der Waals surface area contributed by atoms with Crippen molar-refractivity contribution in [3.8, 4) is 17.0 Å². The molecule has 1 heterocycles. The van der Waals surface area contributed by atoms with Crippen molar-refractivity contribution in [1.29, 1.82) is 0 Å². The van der Waals surface area contributed by atoms with Crippen LogP contribution in [0.5, 0.6) is 5.75 Å². The number of aromatic nitrogens is 2. The smallest absolute Gasteiger partial charge is 0.125 e. The summed E-state index contributed by atoms with van der Waals surface area (Å²) in [7, 11) is -1.17. The fraction of sp³-hybridized carbons (Fsp3) is 0.545. The topological polar surface area (TPSA) is 36.3 Å². The fourth-order valence-corrected chi connectivity index (χ4v) is 6.65. The molecule has 0 aliphatic rings. The van der Waals surface area contributed by atoms with Gasteiger partial charge in [-0.15, -0.1) is 0 Å². The molecule has 0 saturated heterocycles. The van der Waals surface area contributed by atoms with E-state index in [9.17, 15) is 4.39 Å². The van der Waals surface area contributed by atoms with Gasteiger partial charge in [0.25, 0.3) is 0 Å². The molecule has 3 rings (SSSR count). The van der Waals surface area contributed by atoms with Crippen LogP contribution in [0.25, 0.3) is 11.3 Å². The molecule has 0 aliphatic heterocycles. The van der Waals surface area contributed by atoms with Gasteiger partial charge in [-0.25, -0.2) is 9.37 Å². The lowest BCUT2D eigenvalue weighted by Crippen LogP contribution is -2.22. The van der Waals surface area contributed by atoms with Crippen LogP contribution in [0.1, 0.15) is 88.2 Å². The second-order valence-electron chi connectivity index (χ2n) is 12.8. The quantitative estimate of drug-likeness (QED) is 0.0968. The molecule has 4 nitrogen and oxygen atoms in total. The first-order chi connectivity index (χ1) is 18.8. The van der Waals surface area contributed by atoms with E-state index < -0.39 is 8.07 Å². The first-order valence-electron chi connectivity index (χ1n) is 14.7. The van der Waals surface area contributed by atoms with Crippen molar-refractivity contribution >= 4 is 30.7 Å². The molecule has 0 unspecified atom stereocenters. The monoisotopic (exact) mass is 678 g/mol. The first-order valence-corrected chi connectivity index (χ1v) is 19.5. The van der Waals surface area contributed by atoms with Gasteiger partial charge in [-0.1, -0.05) is 67.2 Å². The third-order valence-electron chi connectivity index (χ3n) is 7.18. The summed E-state index contributed by atoms with van der Waals surface area (Å²) >= 11 is 2.35. The van der Waals surface area contributed by atoms with Crippen LogP contribution in [-0.2, 0) is 17.9 Å². The van der Waals surface area contributed by atoms with Crippen LogP contribution in [0.15, 0.2) is 36.4 Å². The molecule has 2 aromatic carbocycles. The molecule has 0 N–H and O–H groups in total. The zero-order chi connectivity index (χ0) is 29.6. The molecule has 0 radical (unpaired) electrons. The molecule has 0 aliphatic carbocycles. The van der Waals surface area contributed by atoms with Crippen molar-refractivity contribution < 1.29 is 13.9 Å². The van der Waals surface area contributed by atoms with Gasteiger partial charge in [0.2, 0.25) is 0 Å². The van der Waals surface area contributed by atoms with Gasteiger partial charge < -0.3 is 9.47 Å². The van der Waals surface area contributed by atoms with Gasteiger partial charge in [0, 0.05) is 32.2 Å². The van der Waals surface area contributed by atoms with Crippen LogP contribution in [0.3, 0.4) is 0 Å². The molecular formula is C33H48FIN2O2Si. The molecule has 3 aromatic rings. The number of rotatable bonds is 14. The van der Waals surface area contributed by atoms with Gasteiger partial charge in [-0.2, -0.15) is 0 Å². The van der Waals surface area contributed by atoms with Gasteiger partial charge in [-0.05, 0) is 94.3 Å². The van der Waals surface area contributed by atoms with Crippen molar-refractivity contribution in [2.45, 2.75) is 105 Å². The maximum absolute atomic E-state index is 13.6. The minimum atomic E-state index is -1.17. The highest BCUT2D eigenvalue weighted by atomic mass is 127.